The van der Waals surface area contributed by atoms with Gasteiger partial charge in [0.05, 0.1) is 11.2 Å². The van der Waals surface area contributed by atoms with E-state index in [0.29, 0.717) is 34.1 Å². The minimum atomic E-state index is -0.493. The first-order valence-corrected chi connectivity index (χ1v) is 11.8. The van der Waals surface area contributed by atoms with E-state index in [-0.39, 0.29) is 23.0 Å². The molecule has 178 valence electrons. The number of aromatic nitrogens is 4. The van der Waals surface area contributed by atoms with E-state index in [4.69, 9.17) is 11.6 Å². The number of nitrogens with one attached hydrogen (secondary N) is 3. The third kappa shape index (κ3) is 5.46. The van der Waals surface area contributed by atoms with Crippen LogP contribution in [0.3, 0.4) is 0 Å². The van der Waals surface area contributed by atoms with E-state index in [0.717, 1.165) is 25.7 Å². The summed E-state index contributed by atoms with van der Waals surface area (Å²) in [6.07, 6.45) is 6.55. The fraction of sp³-hybridized carbons (Fsp3) is 0.240. The van der Waals surface area contributed by atoms with E-state index in [9.17, 15) is 9.18 Å². The van der Waals surface area contributed by atoms with Gasteiger partial charge >= 0.3 is 0 Å². The number of halogens is 2. The normalized spacial score (nSPS) is 17.7. The second-order valence-corrected chi connectivity index (χ2v) is 8.84. The van der Waals surface area contributed by atoms with Crippen molar-refractivity contribution in [1.82, 2.24) is 25.3 Å². The van der Waals surface area contributed by atoms with Gasteiger partial charge in [-0.25, -0.2) is 24.3 Å². The number of amides is 1. The highest BCUT2D eigenvalue weighted by Crippen LogP contribution is 2.26. The molecular formula is C25H23ClFN7O. The maximum absolute atomic E-state index is 13.5. The smallest absolute Gasteiger partial charge is 0.251 e. The average Bonchev–Trinajstić information content (AvgIpc) is 2.88. The van der Waals surface area contributed by atoms with Crippen LogP contribution in [-0.4, -0.2) is 37.9 Å². The second kappa shape index (κ2) is 10.2. The van der Waals surface area contributed by atoms with Crippen molar-refractivity contribution in [3.8, 4) is 0 Å². The third-order valence-electron chi connectivity index (χ3n) is 5.99. The van der Waals surface area contributed by atoms with Gasteiger partial charge in [-0.05, 0) is 56.0 Å². The van der Waals surface area contributed by atoms with Gasteiger partial charge in [0.2, 0.25) is 5.95 Å². The van der Waals surface area contributed by atoms with Crippen molar-refractivity contribution < 1.29 is 9.18 Å². The Morgan fingerprint density at radius 1 is 0.971 bits per heavy atom. The van der Waals surface area contributed by atoms with Crippen molar-refractivity contribution in [1.29, 1.82) is 0 Å². The Morgan fingerprint density at radius 3 is 2.51 bits per heavy atom. The van der Waals surface area contributed by atoms with Crippen LogP contribution in [0.2, 0.25) is 5.02 Å². The molecule has 0 atom stereocenters. The lowest BCUT2D eigenvalue weighted by molar-refractivity contribution is 0.0926. The summed E-state index contributed by atoms with van der Waals surface area (Å²) in [5.41, 5.74) is 2.37. The predicted octanol–water partition coefficient (Wildman–Crippen LogP) is 5.11. The molecule has 1 saturated carbocycles. The zero-order valence-corrected chi connectivity index (χ0v) is 19.5. The lowest BCUT2D eigenvalue weighted by atomic mass is 9.91. The lowest BCUT2D eigenvalue weighted by Crippen LogP contribution is -2.40. The van der Waals surface area contributed by atoms with E-state index in [1.165, 1.54) is 18.5 Å². The number of benzene rings is 2. The highest BCUT2D eigenvalue weighted by molar-refractivity contribution is 6.31. The van der Waals surface area contributed by atoms with Crippen molar-refractivity contribution in [2.75, 3.05) is 10.6 Å². The van der Waals surface area contributed by atoms with Crippen molar-refractivity contribution in [2.24, 2.45) is 0 Å². The highest BCUT2D eigenvalue weighted by Gasteiger charge is 2.23. The summed E-state index contributed by atoms with van der Waals surface area (Å²) in [6, 6.07) is 13.9. The van der Waals surface area contributed by atoms with Gasteiger partial charge in [0.1, 0.15) is 23.2 Å². The monoisotopic (exact) mass is 491 g/mol. The van der Waals surface area contributed by atoms with Gasteiger partial charge in [0.25, 0.3) is 5.91 Å². The quantitative estimate of drug-likeness (QED) is 0.344. The summed E-state index contributed by atoms with van der Waals surface area (Å²) in [5.74, 6) is 0.412. The molecule has 35 heavy (non-hydrogen) atoms. The standard InChI is InChI=1S/C25H23ClFN7O/c26-19-12-18(10-11-20(19)27)31-23-22-21(29-14-30-23)13-28-25(34-22)33-17-8-6-16(7-9-17)32-24(35)15-4-2-1-3-5-15/h1-5,10-14,16-17H,6-9H2,(H,32,35)(H,28,33,34)(H,29,30,31). The van der Waals surface area contributed by atoms with Crippen LogP contribution in [0.15, 0.2) is 61.1 Å². The number of fused-ring (bicyclic) bond motifs is 1. The molecule has 4 aromatic rings. The van der Waals surface area contributed by atoms with Crippen LogP contribution in [0.5, 0.6) is 0 Å². The number of anilines is 3. The van der Waals surface area contributed by atoms with Gasteiger partial charge in [0, 0.05) is 23.3 Å². The minimum Gasteiger partial charge on any atom is -0.351 e. The Balaban J connectivity index is 1.23. The Kier molecular flexibility index (Phi) is 6.67. The molecule has 1 amide bonds. The van der Waals surface area contributed by atoms with E-state index < -0.39 is 5.82 Å². The second-order valence-electron chi connectivity index (χ2n) is 8.44. The summed E-state index contributed by atoms with van der Waals surface area (Å²) >= 11 is 5.89. The SMILES string of the molecule is O=C(NC1CCC(Nc2ncc3ncnc(Nc4ccc(F)c(Cl)c4)c3n2)CC1)c1ccccc1. The number of carbonyl (C=O) groups excluding carboxylic acids is 1. The fourth-order valence-corrected chi connectivity index (χ4v) is 4.33. The molecule has 8 nitrogen and oxygen atoms in total. The molecule has 5 rings (SSSR count). The predicted molar refractivity (Wildman–Crippen MR) is 133 cm³/mol. The third-order valence-corrected chi connectivity index (χ3v) is 6.28. The van der Waals surface area contributed by atoms with Gasteiger partial charge in [-0.1, -0.05) is 29.8 Å². The van der Waals surface area contributed by atoms with E-state index in [2.05, 4.69) is 35.9 Å². The van der Waals surface area contributed by atoms with E-state index >= 15 is 0 Å². The lowest BCUT2D eigenvalue weighted by Gasteiger charge is -2.29. The molecule has 2 aromatic carbocycles. The molecule has 3 N–H and O–H groups in total. The molecule has 1 fully saturated rings. The van der Waals surface area contributed by atoms with Crippen molar-refractivity contribution >= 4 is 46.0 Å². The van der Waals surface area contributed by atoms with Crippen LogP contribution in [-0.2, 0) is 0 Å². The summed E-state index contributed by atoms with van der Waals surface area (Å²) in [4.78, 5) is 30.0. The van der Waals surface area contributed by atoms with Gasteiger partial charge in [0.15, 0.2) is 5.82 Å². The van der Waals surface area contributed by atoms with Gasteiger partial charge in [-0.2, -0.15) is 0 Å². The fourth-order valence-electron chi connectivity index (χ4n) is 4.15. The molecule has 1 aliphatic carbocycles. The summed E-state index contributed by atoms with van der Waals surface area (Å²) in [7, 11) is 0. The van der Waals surface area contributed by atoms with Crippen molar-refractivity contribution in [3.63, 3.8) is 0 Å². The van der Waals surface area contributed by atoms with Gasteiger partial charge in [-0.15, -0.1) is 0 Å². The maximum atomic E-state index is 13.5. The highest BCUT2D eigenvalue weighted by atomic mass is 35.5. The molecule has 0 radical (unpaired) electrons. The van der Waals surface area contributed by atoms with Crippen LogP contribution < -0.4 is 16.0 Å². The first-order chi connectivity index (χ1) is 17.0. The molecule has 10 heteroatoms. The first kappa shape index (κ1) is 22.9. The number of hydrogen-bond donors (Lipinski definition) is 3. The van der Waals surface area contributed by atoms with Crippen molar-refractivity contribution in [3.05, 3.63) is 77.5 Å². The minimum absolute atomic E-state index is 0.0147. The summed E-state index contributed by atoms with van der Waals surface area (Å²) in [5, 5.41) is 9.66. The molecule has 2 aromatic heterocycles. The van der Waals surface area contributed by atoms with Gasteiger partial charge in [-0.3, -0.25) is 4.79 Å². The average molecular weight is 492 g/mol. The number of hydrogen-bond acceptors (Lipinski definition) is 7. The zero-order chi connectivity index (χ0) is 24.2. The Bertz CT molecular complexity index is 1350. The van der Waals surface area contributed by atoms with Crippen LogP contribution >= 0.6 is 11.6 Å². The largest absolute Gasteiger partial charge is 0.351 e. The zero-order valence-electron chi connectivity index (χ0n) is 18.7. The molecular weight excluding hydrogens is 469 g/mol. The Hall–Kier alpha value is -3.85. The van der Waals surface area contributed by atoms with Crippen LogP contribution in [0.4, 0.5) is 21.8 Å². The Labute approximate surface area is 206 Å². The number of carbonyl (C=O) groups is 1. The van der Waals surface area contributed by atoms with E-state index in [1.807, 2.05) is 30.3 Å². The Morgan fingerprint density at radius 2 is 1.74 bits per heavy atom. The van der Waals surface area contributed by atoms with Crippen molar-refractivity contribution in [2.45, 2.75) is 37.8 Å². The molecule has 0 spiro atoms. The molecule has 1 aliphatic rings. The van der Waals surface area contributed by atoms with Crippen LogP contribution in [0, 0.1) is 5.82 Å². The first-order valence-electron chi connectivity index (χ1n) is 11.4. The molecule has 0 aliphatic heterocycles. The van der Waals surface area contributed by atoms with E-state index in [1.54, 1.807) is 12.3 Å². The molecule has 0 unspecified atom stereocenters. The molecule has 0 saturated heterocycles. The summed E-state index contributed by atoms with van der Waals surface area (Å²) in [6.45, 7) is 0. The van der Waals surface area contributed by atoms with Crippen LogP contribution in [0.1, 0.15) is 36.0 Å². The summed E-state index contributed by atoms with van der Waals surface area (Å²) < 4.78 is 13.5. The maximum Gasteiger partial charge on any atom is 0.251 e. The van der Waals surface area contributed by atoms with Gasteiger partial charge < -0.3 is 16.0 Å². The number of rotatable bonds is 6. The topological polar surface area (TPSA) is 105 Å². The molecule has 2 heterocycles. The number of nitrogens with zero attached hydrogens (tertiary/aromatic N) is 4. The molecule has 0 bridgehead atoms. The van der Waals surface area contributed by atoms with Crippen LogP contribution in [0.25, 0.3) is 11.0 Å².